The van der Waals surface area contributed by atoms with Gasteiger partial charge in [0.25, 0.3) is 5.91 Å². The van der Waals surface area contributed by atoms with Crippen LogP contribution in [0.25, 0.3) is 0 Å². The zero-order chi connectivity index (χ0) is 19.6. The molecule has 140 valence electrons. The van der Waals surface area contributed by atoms with E-state index in [0.29, 0.717) is 16.7 Å². The number of aryl methyl sites for hydroxylation is 1. The number of amides is 1. The van der Waals surface area contributed by atoms with Crippen molar-refractivity contribution in [1.82, 2.24) is 14.5 Å². The fraction of sp³-hybridized carbons (Fsp3) is 0.167. The number of hydrogen-bond acceptors (Lipinski definition) is 3. The molecule has 1 aromatic carbocycles. The van der Waals surface area contributed by atoms with Crippen LogP contribution >= 0.6 is 11.6 Å². The molecule has 5 nitrogen and oxygen atoms in total. The molecule has 3 aromatic rings. The molecule has 0 aliphatic heterocycles. The summed E-state index contributed by atoms with van der Waals surface area (Å²) in [6.07, 6.45) is -0.0547. The van der Waals surface area contributed by atoms with E-state index in [-0.39, 0.29) is 17.5 Å². The number of anilines is 1. The van der Waals surface area contributed by atoms with Gasteiger partial charge in [-0.1, -0.05) is 23.7 Å². The molecule has 0 atom stereocenters. The quantitative estimate of drug-likeness (QED) is 0.660. The smallest absolute Gasteiger partial charge is 0.331 e. The Bertz CT molecular complexity index is 985. The van der Waals surface area contributed by atoms with E-state index in [0.717, 1.165) is 12.1 Å². The molecule has 0 unspecified atom stereocenters. The minimum atomic E-state index is -4.39. The first-order valence-corrected chi connectivity index (χ1v) is 8.21. The molecule has 3 rings (SSSR count). The van der Waals surface area contributed by atoms with Crippen molar-refractivity contribution in [1.29, 1.82) is 0 Å². The maximum atomic E-state index is 12.8. The van der Waals surface area contributed by atoms with Gasteiger partial charge >= 0.3 is 6.18 Å². The Balaban J connectivity index is 1.71. The van der Waals surface area contributed by atoms with E-state index in [1.54, 1.807) is 23.6 Å². The molecule has 0 radical (unpaired) electrons. The van der Waals surface area contributed by atoms with Crippen LogP contribution in [0.3, 0.4) is 0 Å². The van der Waals surface area contributed by atoms with Gasteiger partial charge in [-0.2, -0.15) is 13.2 Å². The van der Waals surface area contributed by atoms with Gasteiger partial charge in [0, 0.05) is 18.9 Å². The topological polar surface area (TPSA) is 59.8 Å². The van der Waals surface area contributed by atoms with Crippen LogP contribution in [0, 0.1) is 6.92 Å². The van der Waals surface area contributed by atoms with Gasteiger partial charge in [-0.05, 0) is 36.2 Å². The minimum Gasteiger partial charge on any atom is -0.331 e. The average Bonchev–Trinajstić information content (AvgIpc) is 3.01. The summed E-state index contributed by atoms with van der Waals surface area (Å²) in [6.45, 7) is 1.92. The molecule has 2 heterocycles. The normalized spacial score (nSPS) is 11.4. The zero-order valence-electron chi connectivity index (χ0n) is 14.1. The van der Waals surface area contributed by atoms with Gasteiger partial charge in [0.15, 0.2) is 5.82 Å². The lowest BCUT2D eigenvalue weighted by Gasteiger charge is -2.09. The molecule has 2 aromatic heterocycles. The second-order valence-electron chi connectivity index (χ2n) is 5.91. The van der Waals surface area contributed by atoms with Crippen LogP contribution in [-0.2, 0) is 12.7 Å². The maximum absolute atomic E-state index is 12.8. The minimum absolute atomic E-state index is 0.189. The molecule has 0 fully saturated rings. The van der Waals surface area contributed by atoms with Crippen molar-refractivity contribution in [3.63, 3.8) is 0 Å². The highest BCUT2D eigenvalue weighted by molar-refractivity contribution is 6.29. The first-order chi connectivity index (χ1) is 12.7. The van der Waals surface area contributed by atoms with Gasteiger partial charge < -0.3 is 9.88 Å². The lowest BCUT2D eigenvalue weighted by atomic mass is 10.1. The zero-order valence-corrected chi connectivity index (χ0v) is 14.8. The second-order valence-corrected chi connectivity index (χ2v) is 6.29. The number of imidazole rings is 1. The standard InChI is InChI=1S/C18H14ClF3N4O/c1-11-5-15(19)23-7-14(11)17(27)25-16-9-26(10-24-16)8-12-3-2-4-13(6-12)18(20,21)22/h2-7,9-10H,8H2,1H3,(H,25,27). The summed E-state index contributed by atoms with van der Waals surface area (Å²) < 4.78 is 40.0. The number of carbonyl (C=O) groups is 1. The SMILES string of the molecule is Cc1cc(Cl)ncc1C(=O)Nc1cn(Cc2cccc(C(F)(F)F)c2)cn1. The van der Waals surface area contributed by atoms with E-state index in [1.165, 1.54) is 24.8 Å². The van der Waals surface area contributed by atoms with Crippen molar-refractivity contribution >= 4 is 23.3 Å². The Labute approximate surface area is 157 Å². The van der Waals surface area contributed by atoms with Crippen LogP contribution in [0.5, 0.6) is 0 Å². The van der Waals surface area contributed by atoms with E-state index >= 15 is 0 Å². The number of alkyl halides is 3. The van der Waals surface area contributed by atoms with Crippen molar-refractivity contribution in [2.24, 2.45) is 0 Å². The molecular weight excluding hydrogens is 381 g/mol. The van der Waals surface area contributed by atoms with Crippen LogP contribution in [0.15, 0.2) is 49.1 Å². The Morgan fingerprint density at radius 1 is 1.26 bits per heavy atom. The molecule has 0 aliphatic rings. The van der Waals surface area contributed by atoms with Gasteiger partial charge in [-0.3, -0.25) is 4.79 Å². The van der Waals surface area contributed by atoms with Crippen molar-refractivity contribution < 1.29 is 18.0 Å². The summed E-state index contributed by atoms with van der Waals surface area (Å²) in [4.78, 5) is 20.2. The molecule has 0 saturated heterocycles. The largest absolute Gasteiger partial charge is 0.416 e. The Morgan fingerprint density at radius 2 is 2.04 bits per heavy atom. The van der Waals surface area contributed by atoms with Crippen molar-refractivity contribution in [3.05, 3.63) is 76.5 Å². The number of benzene rings is 1. The lowest BCUT2D eigenvalue weighted by molar-refractivity contribution is -0.137. The number of nitrogens with zero attached hydrogens (tertiary/aromatic N) is 3. The number of rotatable bonds is 4. The van der Waals surface area contributed by atoms with Gasteiger partial charge in [0.05, 0.1) is 17.5 Å². The number of halogens is 4. The fourth-order valence-corrected chi connectivity index (χ4v) is 2.72. The van der Waals surface area contributed by atoms with Crippen molar-refractivity contribution in [2.45, 2.75) is 19.6 Å². The van der Waals surface area contributed by atoms with Crippen LogP contribution in [0.2, 0.25) is 5.15 Å². The van der Waals surface area contributed by atoms with E-state index in [9.17, 15) is 18.0 Å². The van der Waals surface area contributed by atoms with E-state index in [1.807, 2.05) is 0 Å². The highest BCUT2D eigenvalue weighted by Gasteiger charge is 2.30. The first-order valence-electron chi connectivity index (χ1n) is 7.84. The first kappa shape index (κ1) is 18.9. The number of nitrogens with one attached hydrogen (secondary N) is 1. The van der Waals surface area contributed by atoms with Crippen LogP contribution in [-0.4, -0.2) is 20.4 Å². The molecular formula is C18H14ClF3N4O. The molecule has 9 heteroatoms. The summed E-state index contributed by atoms with van der Waals surface area (Å²) in [6, 6.07) is 6.62. The van der Waals surface area contributed by atoms with Gasteiger partial charge in [0.2, 0.25) is 0 Å². The number of hydrogen-bond donors (Lipinski definition) is 1. The lowest BCUT2D eigenvalue weighted by Crippen LogP contribution is -2.14. The Hall–Kier alpha value is -2.87. The molecule has 1 N–H and O–H groups in total. The predicted molar refractivity (Wildman–Crippen MR) is 94.7 cm³/mol. The predicted octanol–water partition coefficient (Wildman–Crippen LogP) is 4.56. The third kappa shape index (κ3) is 4.65. The van der Waals surface area contributed by atoms with Crippen molar-refractivity contribution in [3.8, 4) is 0 Å². The Morgan fingerprint density at radius 3 is 2.74 bits per heavy atom. The van der Waals surface area contributed by atoms with Crippen LogP contribution in [0.4, 0.5) is 19.0 Å². The Kier molecular flexibility index (Phi) is 5.18. The molecule has 0 aliphatic carbocycles. The fourth-order valence-electron chi connectivity index (χ4n) is 2.51. The highest BCUT2D eigenvalue weighted by atomic mass is 35.5. The second kappa shape index (κ2) is 7.40. The average molecular weight is 395 g/mol. The molecule has 0 saturated carbocycles. The summed E-state index contributed by atoms with van der Waals surface area (Å²) in [5.41, 5.74) is 0.778. The molecule has 0 spiro atoms. The highest BCUT2D eigenvalue weighted by Crippen LogP contribution is 2.29. The number of aromatic nitrogens is 3. The summed E-state index contributed by atoms with van der Waals surface area (Å²) >= 11 is 5.77. The molecule has 0 bridgehead atoms. The summed E-state index contributed by atoms with van der Waals surface area (Å²) in [7, 11) is 0. The monoisotopic (exact) mass is 394 g/mol. The maximum Gasteiger partial charge on any atom is 0.416 e. The van der Waals surface area contributed by atoms with Crippen LogP contribution in [0.1, 0.15) is 27.0 Å². The molecule has 1 amide bonds. The van der Waals surface area contributed by atoms with E-state index in [2.05, 4.69) is 15.3 Å². The number of pyridine rings is 1. The summed E-state index contributed by atoms with van der Waals surface area (Å²) in [5, 5.41) is 2.91. The van der Waals surface area contributed by atoms with Gasteiger partial charge in [0.1, 0.15) is 5.15 Å². The third-order valence-corrected chi connectivity index (χ3v) is 4.02. The van der Waals surface area contributed by atoms with Crippen LogP contribution < -0.4 is 5.32 Å². The van der Waals surface area contributed by atoms with Gasteiger partial charge in [-0.25, -0.2) is 9.97 Å². The molecule has 27 heavy (non-hydrogen) atoms. The summed E-state index contributed by atoms with van der Waals surface area (Å²) in [5.74, 6) is -0.123. The number of carbonyl (C=O) groups excluding carboxylic acids is 1. The van der Waals surface area contributed by atoms with E-state index in [4.69, 9.17) is 11.6 Å². The van der Waals surface area contributed by atoms with E-state index < -0.39 is 17.6 Å². The third-order valence-electron chi connectivity index (χ3n) is 3.82. The van der Waals surface area contributed by atoms with Gasteiger partial charge in [-0.15, -0.1) is 0 Å². The van der Waals surface area contributed by atoms with Crippen molar-refractivity contribution in [2.75, 3.05) is 5.32 Å².